The second-order valence-corrected chi connectivity index (χ2v) is 7.92. The summed E-state index contributed by atoms with van der Waals surface area (Å²) in [7, 11) is 1.00. The molecule has 1 N–H and O–H groups in total. The number of carbonyl (C=O) groups excluding carboxylic acids is 2. The summed E-state index contributed by atoms with van der Waals surface area (Å²) in [6, 6.07) is 11.3. The van der Waals surface area contributed by atoms with Gasteiger partial charge in [-0.1, -0.05) is 24.3 Å². The van der Waals surface area contributed by atoms with E-state index in [0.29, 0.717) is 23.3 Å². The Labute approximate surface area is 165 Å². The maximum Gasteiger partial charge on any atom is 0.526 e. The molecular formula is C22H24BNO4. The van der Waals surface area contributed by atoms with Crippen LogP contribution >= 0.6 is 0 Å². The summed E-state index contributed by atoms with van der Waals surface area (Å²) in [5, 5.41) is 10.4. The molecule has 0 saturated heterocycles. The average molecular weight is 377 g/mol. The summed E-state index contributed by atoms with van der Waals surface area (Å²) >= 11 is 0. The molecule has 0 aromatic heterocycles. The zero-order chi connectivity index (χ0) is 19.8. The summed E-state index contributed by atoms with van der Waals surface area (Å²) in [6.45, 7) is 3.39. The van der Waals surface area contributed by atoms with Crippen molar-refractivity contribution in [1.29, 1.82) is 0 Å². The summed E-state index contributed by atoms with van der Waals surface area (Å²) in [6.07, 6.45) is 1.67. The van der Waals surface area contributed by atoms with Gasteiger partial charge in [0, 0.05) is 30.9 Å². The second-order valence-electron chi connectivity index (χ2n) is 7.92. The van der Waals surface area contributed by atoms with Crippen molar-refractivity contribution in [3.05, 3.63) is 64.2 Å². The highest BCUT2D eigenvalue weighted by Gasteiger charge is 2.37. The van der Waals surface area contributed by atoms with Crippen LogP contribution in [-0.4, -0.2) is 42.2 Å². The third-order valence-electron chi connectivity index (χ3n) is 5.78. The fourth-order valence-corrected chi connectivity index (χ4v) is 4.16. The normalized spacial score (nSPS) is 18.8. The lowest BCUT2D eigenvalue weighted by molar-refractivity contribution is 0.0971. The van der Waals surface area contributed by atoms with Crippen molar-refractivity contribution in [2.75, 3.05) is 13.6 Å². The number of ketones is 2. The van der Waals surface area contributed by atoms with Gasteiger partial charge in [-0.15, -0.1) is 0 Å². The molecule has 5 nitrogen and oxygen atoms in total. The predicted octanol–water partition coefficient (Wildman–Crippen LogP) is 2.94. The monoisotopic (exact) mass is 377 g/mol. The Morgan fingerprint density at radius 3 is 2.82 bits per heavy atom. The maximum atomic E-state index is 12.9. The fraction of sp³-hybridized carbons (Fsp3) is 0.364. The van der Waals surface area contributed by atoms with E-state index in [1.807, 2.05) is 30.3 Å². The van der Waals surface area contributed by atoms with Crippen LogP contribution in [0.3, 0.4) is 0 Å². The van der Waals surface area contributed by atoms with E-state index in [1.165, 1.54) is 18.1 Å². The first-order chi connectivity index (χ1) is 13.4. The zero-order valence-corrected chi connectivity index (χ0v) is 16.3. The van der Waals surface area contributed by atoms with Gasteiger partial charge in [0.2, 0.25) is 0 Å². The van der Waals surface area contributed by atoms with Crippen LogP contribution in [0.4, 0.5) is 0 Å². The van der Waals surface area contributed by atoms with Crippen LogP contribution in [-0.2, 0) is 19.4 Å². The van der Waals surface area contributed by atoms with Gasteiger partial charge in [-0.25, -0.2) is 0 Å². The molecule has 0 amide bonds. The molecular weight excluding hydrogens is 353 g/mol. The number of Topliss-reactive ketones (excluding diaryl/α,β-unsaturated/α-hetero) is 2. The Hall–Kier alpha value is -2.44. The van der Waals surface area contributed by atoms with E-state index in [4.69, 9.17) is 4.65 Å². The SMILES string of the molecule is CC(=O)c1cccc2c1OB(O)[C@@H](CC(=O)c1ccc3c(c1)CCN(C)C3)C2. The van der Waals surface area contributed by atoms with Gasteiger partial charge in [-0.05, 0) is 55.6 Å². The lowest BCUT2D eigenvalue weighted by atomic mass is 9.64. The van der Waals surface area contributed by atoms with Crippen molar-refractivity contribution in [2.24, 2.45) is 0 Å². The summed E-state index contributed by atoms with van der Waals surface area (Å²) in [4.78, 5) is 26.9. The van der Waals surface area contributed by atoms with Gasteiger partial charge in [0.15, 0.2) is 11.6 Å². The number of carbonyl (C=O) groups is 2. The highest BCUT2D eigenvalue weighted by atomic mass is 16.5. The number of nitrogens with zero attached hydrogens (tertiary/aromatic N) is 1. The molecule has 28 heavy (non-hydrogen) atoms. The maximum absolute atomic E-state index is 12.9. The molecule has 2 aliphatic heterocycles. The fourth-order valence-electron chi connectivity index (χ4n) is 4.16. The van der Waals surface area contributed by atoms with Crippen LogP contribution in [0.15, 0.2) is 36.4 Å². The van der Waals surface area contributed by atoms with E-state index < -0.39 is 7.12 Å². The molecule has 2 aromatic carbocycles. The minimum atomic E-state index is -1.09. The second kappa shape index (κ2) is 7.53. The minimum absolute atomic E-state index is 0.0144. The van der Waals surface area contributed by atoms with Crippen molar-refractivity contribution in [1.82, 2.24) is 4.90 Å². The van der Waals surface area contributed by atoms with Crippen LogP contribution in [0.1, 0.15) is 50.8 Å². The molecule has 0 spiro atoms. The zero-order valence-electron chi connectivity index (χ0n) is 16.3. The van der Waals surface area contributed by atoms with Gasteiger partial charge in [0.1, 0.15) is 5.75 Å². The van der Waals surface area contributed by atoms with E-state index in [2.05, 4.69) is 11.9 Å². The lowest BCUT2D eigenvalue weighted by Gasteiger charge is -2.28. The third-order valence-corrected chi connectivity index (χ3v) is 5.78. The van der Waals surface area contributed by atoms with Gasteiger partial charge in [-0.2, -0.15) is 0 Å². The molecule has 0 unspecified atom stereocenters. The topological polar surface area (TPSA) is 66.8 Å². The minimum Gasteiger partial charge on any atom is -0.535 e. The molecule has 2 heterocycles. The molecule has 4 rings (SSSR count). The lowest BCUT2D eigenvalue weighted by Crippen LogP contribution is -2.35. The van der Waals surface area contributed by atoms with Crippen LogP contribution in [0.25, 0.3) is 0 Å². The Kier molecular flexibility index (Phi) is 5.08. The van der Waals surface area contributed by atoms with Crippen LogP contribution in [0, 0.1) is 0 Å². The van der Waals surface area contributed by atoms with E-state index in [-0.39, 0.29) is 23.8 Å². The molecule has 6 heteroatoms. The van der Waals surface area contributed by atoms with E-state index in [1.54, 1.807) is 6.07 Å². The molecule has 2 aromatic rings. The van der Waals surface area contributed by atoms with Crippen molar-refractivity contribution >= 4 is 18.7 Å². The number of rotatable bonds is 4. The quantitative estimate of drug-likeness (QED) is 0.656. The van der Waals surface area contributed by atoms with Crippen LogP contribution in [0.2, 0.25) is 5.82 Å². The average Bonchev–Trinajstić information content (AvgIpc) is 2.67. The molecule has 144 valence electrons. The van der Waals surface area contributed by atoms with E-state index in [9.17, 15) is 14.6 Å². The summed E-state index contributed by atoms with van der Waals surface area (Å²) in [5.41, 5.74) is 4.54. The Morgan fingerprint density at radius 2 is 2.04 bits per heavy atom. The Bertz CT molecular complexity index is 942. The first kappa shape index (κ1) is 18.9. The summed E-state index contributed by atoms with van der Waals surface area (Å²) < 4.78 is 5.65. The van der Waals surface area contributed by atoms with Crippen molar-refractivity contribution in [2.45, 2.75) is 38.5 Å². The first-order valence-electron chi connectivity index (χ1n) is 9.73. The smallest absolute Gasteiger partial charge is 0.526 e. The molecule has 0 radical (unpaired) electrons. The van der Waals surface area contributed by atoms with Crippen molar-refractivity contribution < 1.29 is 19.3 Å². The number of hydrogen-bond acceptors (Lipinski definition) is 5. The largest absolute Gasteiger partial charge is 0.535 e. The summed E-state index contributed by atoms with van der Waals surface area (Å²) in [5.74, 6) is 0.0345. The highest BCUT2D eigenvalue weighted by molar-refractivity contribution is 6.47. The van der Waals surface area contributed by atoms with Crippen molar-refractivity contribution in [3.8, 4) is 5.75 Å². The highest BCUT2D eigenvalue weighted by Crippen LogP contribution is 2.37. The van der Waals surface area contributed by atoms with E-state index >= 15 is 0 Å². The van der Waals surface area contributed by atoms with Crippen LogP contribution in [0.5, 0.6) is 5.75 Å². The van der Waals surface area contributed by atoms with Gasteiger partial charge in [-0.3, -0.25) is 9.59 Å². The Balaban J connectivity index is 1.51. The molecule has 2 aliphatic rings. The van der Waals surface area contributed by atoms with Gasteiger partial charge >= 0.3 is 7.12 Å². The number of fused-ring (bicyclic) bond motifs is 2. The number of hydrogen-bond donors (Lipinski definition) is 1. The van der Waals surface area contributed by atoms with Crippen LogP contribution < -0.4 is 4.65 Å². The van der Waals surface area contributed by atoms with Gasteiger partial charge in [0.25, 0.3) is 0 Å². The van der Waals surface area contributed by atoms with Gasteiger partial charge < -0.3 is 14.6 Å². The molecule has 0 saturated carbocycles. The van der Waals surface area contributed by atoms with E-state index in [0.717, 1.165) is 25.1 Å². The number of likely N-dealkylation sites (N-methyl/N-ethyl adjacent to an activating group) is 1. The third kappa shape index (κ3) is 3.62. The molecule has 0 fully saturated rings. The molecule has 0 bridgehead atoms. The first-order valence-corrected chi connectivity index (χ1v) is 9.73. The molecule has 0 aliphatic carbocycles. The number of benzene rings is 2. The Morgan fingerprint density at radius 1 is 1.21 bits per heavy atom. The number of para-hydroxylation sites is 1. The van der Waals surface area contributed by atoms with Crippen molar-refractivity contribution in [3.63, 3.8) is 0 Å². The molecule has 1 atom stereocenters. The van der Waals surface area contributed by atoms with Gasteiger partial charge in [0.05, 0.1) is 5.56 Å². The standard InChI is InChI=1S/C22H24BNO4/c1-14(25)20-5-3-4-17-11-19(23(27)28-22(17)20)12-21(26)16-6-7-18-13-24(2)9-8-15(18)10-16/h3-7,10,19,27H,8-9,11-13H2,1-2H3/t19-/m1/s1. The predicted molar refractivity (Wildman–Crippen MR) is 108 cm³/mol.